The van der Waals surface area contributed by atoms with Crippen LogP contribution in [-0.4, -0.2) is 22.1 Å². The van der Waals surface area contributed by atoms with Crippen molar-refractivity contribution in [3.63, 3.8) is 0 Å². The Balaban J connectivity index is 2.09. The third kappa shape index (κ3) is 2.02. The summed E-state index contributed by atoms with van der Waals surface area (Å²) in [7, 11) is 1.94. The minimum Gasteiger partial charge on any atom is -0.482 e. The van der Waals surface area contributed by atoms with Crippen molar-refractivity contribution >= 4 is 27.5 Å². The first-order valence-corrected chi connectivity index (χ1v) is 6.61. The fourth-order valence-corrected chi connectivity index (χ4v) is 2.57. The summed E-state index contributed by atoms with van der Waals surface area (Å²) in [5, 5.41) is 2.80. The highest BCUT2D eigenvalue weighted by atomic mass is 79.9. The van der Waals surface area contributed by atoms with E-state index in [1.807, 2.05) is 36.7 Å². The molecule has 0 spiro atoms. The molecule has 0 radical (unpaired) electrons. The number of amides is 1. The van der Waals surface area contributed by atoms with Gasteiger partial charge in [0.05, 0.1) is 5.69 Å². The lowest BCUT2D eigenvalue weighted by molar-refractivity contribution is -0.118. The molecule has 0 saturated heterocycles. The van der Waals surface area contributed by atoms with Gasteiger partial charge in [-0.2, -0.15) is 0 Å². The average Bonchev–Trinajstić information content (AvgIpc) is 2.65. The molecule has 19 heavy (non-hydrogen) atoms. The van der Waals surface area contributed by atoms with Gasteiger partial charge in [-0.25, -0.2) is 4.98 Å². The Labute approximate surface area is 118 Å². The van der Waals surface area contributed by atoms with Gasteiger partial charge in [-0.05, 0) is 41.1 Å². The van der Waals surface area contributed by atoms with Gasteiger partial charge in [-0.1, -0.05) is 0 Å². The molecule has 1 aliphatic rings. The largest absolute Gasteiger partial charge is 0.482 e. The van der Waals surface area contributed by atoms with E-state index in [1.165, 1.54) is 0 Å². The number of nitrogens with one attached hydrogen (secondary N) is 1. The number of benzene rings is 1. The van der Waals surface area contributed by atoms with Gasteiger partial charge in [0.15, 0.2) is 6.61 Å². The van der Waals surface area contributed by atoms with Crippen LogP contribution in [0.3, 0.4) is 0 Å². The van der Waals surface area contributed by atoms with E-state index in [0.717, 1.165) is 21.7 Å². The summed E-state index contributed by atoms with van der Waals surface area (Å²) in [4.78, 5) is 15.8. The topological polar surface area (TPSA) is 56.1 Å². The highest BCUT2D eigenvalue weighted by molar-refractivity contribution is 9.10. The number of aryl methyl sites for hydroxylation is 1. The highest BCUT2D eigenvalue weighted by Crippen LogP contribution is 2.35. The Morgan fingerprint density at radius 1 is 1.47 bits per heavy atom. The summed E-state index contributed by atoms with van der Waals surface area (Å²) in [6.45, 7) is 2.01. The van der Waals surface area contributed by atoms with Crippen molar-refractivity contribution in [1.82, 2.24) is 9.55 Å². The quantitative estimate of drug-likeness (QED) is 0.878. The van der Waals surface area contributed by atoms with Gasteiger partial charge >= 0.3 is 0 Å². The number of hydrogen-bond donors (Lipinski definition) is 1. The minimum atomic E-state index is -0.138. The summed E-state index contributed by atoms with van der Waals surface area (Å²) in [5.74, 6) is 1.47. The molecule has 0 bridgehead atoms. The second-order valence-corrected chi connectivity index (χ2v) is 5.16. The smallest absolute Gasteiger partial charge is 0.262 e. The van der Waals surface area contributed by atoms with E-state index < -0.39 is 0 Å². The molecule has 5 nitrogen and oxygen atoms in total. The molecule has 1 amide bonds. The van der Waals surface area contributed by atoms with E-state index in [-0.39, 0.29) is 12.5 Å². The number of ether oxygens (including phenoxy) is 1. The van der Waals surface area contributed by atoms with Crippen molar-refractivity contribution in [2.24, 2.45) is 7.05 Å². The van der Waals surface area contributed by atoms with E-state index in [2.05, 4.69) is 26.2 Å². The number of aromatic nitrogens is 2. The third-order valence-electron chi connectivity index (χ3n) is 3.13. The van der Waals surface area contributed by atoms with Crippen molar-refractivity contribution in [3.05, 3.63) is 28.6 Å². The Bertz CT molecular complexity index is 679. The lowest BCUT2D eigenvalue weighted by Gasteiger charge is -2.18. The molecular formula is C13H12BrN3O2. The zero-order chi connectivity index (χ0) is 13.6. The van der Waals surface area contributed by atoms with E-state index in [1.54, 1.807) is 0 Å². The summed E-state index contributed by atoms with van der Waals surface area (Å²) in [5.41, 5.74) is 2.46. The first-order valence-electron chi connectivity index (χ1n) is 5.82. The van der Waals surface area contributed by atoms with Crippen LogP contribution in [0.15, 0.2) is 22.8 Å². The first-order chi connectivity index (χ1) is 9.06. The summed E-state index contributed by atoms with van der Waals surface area (Å²) < 4.78 is 8.21. The molecule has 2 heterocycles. The molecule has 3 rings (SSSR count). The Morgan fingerprint density at radius 3 is 2.95 bits per heavy atom. The molecule has 1 N–H and O–H groups in total. The average molecular weight is 322 g/mol. The van der Waals surface area contributed by atoms with Gasteiger partial charge in [-0.15, -0.1) is 0 Å². The summed E-state index contributed by atoms with van der Waals surface area (Å²) in [6, 6.07) is 5.66. The van der Waals surface area contributed by atoms with Crippen LogP contribution in [0.1, 0.15) is 5.82 Å². The van der Waals surface area contributed by atoms with Crippen LogP contribution in [0.2, 0.25) is 0 Å². The van der Waals surface area contributed by atoms with Crippen LogP contribution in [0.5, 0.6) is 5.75 Å². The maximum Gasteiger partial charge on any atom is 0.262 e. The molecule has 0 saturated carbocycles. The van der Waals surface area contributed by atoms with Gasteiger partial charge < -0.3 is 14.6 Å². The predicted octanol–water partition coefficient (Wildman–Crippen LogP) is 2.49. The van der Waals surface area contributed by atoms with Crippen molar-refractivity contribution in [1.29, 1.82) is 0 Å². The Hall–Kier alpha value is -1.82. The molecular weight excluding hydrogens is 310 g/mol. The van der Waals surface area contributed by atoms with E-state index in [0.29, 0.717) is 11.4 Å². The van der Waals surface area contributed by atoms with Crippen LogP contribution in [0.25, 0.3) is 11.3 Å². The Morgan fingerprint density at radius 2 is 2.26 bits per heavy atom. The monoisotopic (exact) mass is 321 g/mol. The third-order valence-corrected chi connectivity index (χ3v) is 4.04. The minimum absolute atomic E-state index is 0.0682. The van der Waals surface area contributed by atoms with Crippen molar-refractivity contribution in [2.75, 3.05) is 11.9 Å². The van der Waals surface area contributed by atoms with Crippen LogP contribution < -0.4 is 10.1 Å². The molecule has 0 unspecified atom stereocenters. The molecule has 1 aromatic heterocycles. The Kier molecular flexibility index (Phi) is 2.82. The SMILES string of the molecule is Cc1nc(-c2ccc3c(c2)NC(=O)CO3)c(Br)n1C. The van der Waals surface area contributed by atoms with Gasteiger partial charge in [0.2, 0.25) is 0 Å². The summed E-state index contributed by atoms with van der Waals surface area (Å²) >= 11 is 3.53. The molecule has 1 aromatic carbocycles. The van der Waals surface area contributed by atoms with Crippen molar-refractivity contribution in [2.45, 2.75) is 6.92 Å². The molecule has 6 heteroatoms. The van der Waals surface area contributed by atoms with Crippen LogP contribution in [0, 0.1) is 6.92 Å². The number of carbonyl (C=O) groups is 1. The van der Waals surface area contributed by atoms with Crippen molar-refractivity contribution in [3.8, 4) is 17.0 Å². The molecule has 0 aliphatic carbocycles. The molecule has 98 valence electrons. The van der Waals surface area contributed by atoms with Crippen LogP contribution in [0.4, 0.5) is 5.69 Å². The number of hydrogen-bond acceptors (Lipinski definition) is 3. The number of imidazole rings is 1. The predicted molar refractivity (Wildman–Crippen MR) is 75.2 cm³/mol. The van der Waals surface area contributed by atoms with E-state index in [4.69, 9.17) is 4.74 Å². The van der Waals surface area contributed by atoms with E-state index in [9.17, 15) is 4.79 Å². The second-order valence-electron chi connectivity index (χ2n) is 4.41. The van der Waals surface area contributed by atoms with E-state index >= 15 is 0 Å². The first kappa shape index (κ1) is 12.2. The van der Waals surface area contributed by atoms with Crippen LogP contribution in [-0.2, 0) is 11.8 Å². The molecule has 0 atom stereocenters. The van der Waals surface area contributed by atoms with Gasteiger partial charge in [0.25, 0.3) is 5.91 Å². The lowest BCUT2D eigenvalue weighted by Crippen LogP contribution is -2.25. The lowest BCUT2D eigenvalue weighted by atomic mass is 10.1. The van der Waals surface area contributed by atoms with Gasteiger partial charge in [-0.3, -0.25) is 4.79 Å². The number of rotatable bonds is 1. The maximum absolute atomic E-state index is 11.3. The molecule has 1 aliphatic heterocycles. The zero-order valence-corrected chi connectivity index (χ0v) is 12.1. The van der Waals surface area contributed by atoms with Gasteiger partial charge in [0.1, 0.15) is 21.9 Å². The normalized spacial score (nSPS) is 13.7. The fourth-order valence-electron chi connectivity index (χ4n) is 2.00. The number of anilines is 1. The summed E-state index contributed by atoms with van der Waals surface area (Å²) in [6.07, 6.45) is 0. The second kappa shape index (κ2) is 4.38. The number of nitrogens with zero attached hydrogens (tertiary/aromatic N) is 2. The highest BCUT2D eigenvalue weighted by Gasteiger charge is 2.18. The standard InChI is InChI=1S/C13H12BrN3O2/c1-7-15-12(13(14)17(7)2)8-3-4-10-9(5-8)16-11(18)6-19-10/h3-5H,6H2,1-2H3,(H,16,18). The maximum atomic E-state index is 11.3. The molecule has 0 fully saturated rings. The van der Waals surface area contributed by atoms with Crippen LogP contribution >= 0.6 is 15.9 Å². The number of carbonyl (C=O) groups excluding carboxylic acids is 1. The van der Waals surface area contributed by atoms with Gasteiger partial charge in [0, 0.05) is 12.6 Å². The number of halogens is 1. The number of fused-ring (bicyclic) bond motifs is 1. The zero-order valence-electron chi connectivity index (χ0n) is 10.5. The molecule has 2 aromatic rings. The van der Waals surface area contributed by atoms with Crippen molar-refractivity contribution < 1.29 is 9.53 Å². The fraction of sp³-hybridized carbons (Fsp3) is 0.231.